The number of aromatic nitrogens is 7. The summed E-state index contributed by atoms with van der Waals surface area (Å²) in [5.41, 5.74) is 1.53. The molecule has 1 fully saturated rings. The molecule has 1 amide bonds. The summed E-state index contributed by atoms with van der Waals surface area (Å²) >= 11 is 1.57. The molecule has 38 heavy (non-hydrogen) atoms. The normalized spacial score (nSPS) is 14.2. The van der Waals surface area contributed by atoms with Crippen LogP contribution in [0.25, 0.3) is 16.0 Å². The number of pyridine rings is 1. The Kier molecular flexibility index (Phi) is 6.39. The molecule has 5 aromatic rings. The molecule has 6 heterocycles. The lowest BCUT2D eigenvalue weighted by Gasteiger charge is -2.34. The second kappa shape index (κ2) is 10.1. The van der Waals surface area contributed by atoms with Gasteiger partial charge >= 0.3 is 0 Å². The number of hydrogen-bond donors (Lipinski definition) is 3. The third-order valence-corrected chi connectivity index (χ3v) is 6.91. The van der Waals surface area contributed by atoms with Gasteiger partial charge in [0.05, 0.1) is 36.2 Å². The van der Waals surface area contributed by atoms with Crippen LogP contribution < -0.4 is 15.5 Å². The number of rotatable bonds is 7. The first-order valence-corrected chi connectivity index (χ1v) is 12.9. The zero-order valence-electron chi connectivity index (χ0n) is 20.4. The fourth-order valence-corrected chi connectivity index (χ4v) is 4.97. The number of anilines is 4. The predicted molar refractivity (Wildman–Crippen MR) is 143 cm³/mol. The standard InChI is InChI=1S/C24H24FN11OS/c1-15-10-19(33-32-15)29-22-18-4-9-38-23(18)31-24(30-22)35-7-5-34(6-8-35)14-21(37)28-17-2-3-20(26-12-17)36-13-16(25)11-27-36/h2-4,9-13H,5-8,14H2,1H3,(H,28,37)(H2,29,30,31,32,33). The minimum Gasteiger partial charge on any atom is -0.338 e. The molecule has 0 bridgehead atoms. The number of aryl methyl sites for hydroxylation is 1. The Morgan fingerprint density at radius 3 is 2.74 bits per heavy atom. The number of carbonyl (C=O) groups excluding carboxylic acids is 1. The van der Waals surface area contributed by atoms with Crippen LogP contribution in [0.5, 0.6) is 0 Å². The van der Waals surface area contributed by atoms with Crippen LogP contribution in [0.1, 0.15) is 5.69 Å². The molecular weight excluding hydrogens is 509 g/mol. The highest BCUT2D eigenvalue weighted by atomic mass is 32.1. The van der Waals surface area contributed by atoms with Crippen LogP contribution in [0.2, 0.25) is 0 Å². The molecule has 0 aliphatic carbocycles. The number of fused-ring (bicyclic) bond motifs is 1. The molecule has 0 saturated carbocycles. The molecule has 3 N–H and O–H groups in total. The summed E-state index contributed by atoms with van der Waals surface area (Å²) in [6.07, 6.45) is 3.88. The van der Waals surface area contributed by atoms with Gasteiger partial charge in [-0.2, -0.15) is 15.2 Å². The zero-order chi connectivity index (χ0) is 26.1. The van der Waals surface area contributed by atoms with E-state index in [1.165, 1.54) is 17.1 Å². The molecule has 0 aromatic carbocycles. The third kappa shape index (κ3) is 5.17. The van der Waals surface area contributed by atoms with Crippen LogP contribution in [-0.2, 0) is 4.79 Å². The number of nitrogens with zero attached hydrogens (tertiary/aromatic N) is 8. The van der Waals surface area contributed by atoms with Crippen molar-refractivity contribution < 1.29 is 9.18 Å². The van der Waals surface area contributed by atoms with Crippen molar-refractivity contribution in [2.24, 2.45) is 0 Å². The summed E-state index contributed by atoms with van der Waals surface area (Å²) in [5.74, 6) is 1.97. The Morgan fingerprint density at radius 2 is 2.03 bits per heavy atom. The van der Waals surface area contributed by atoms with Crippen molar-refractivity contribution in [1.82, 2.24) is 39.8 Å². The van der Waals surface area contributed by atoms with Gasteiger partial charge < -0.3 is 15.5 Å². The van der Waals surface area contributed by atoms with E-state index in [-0.39, 0.29) is 12.5 Å². The Hall–Kier alpha value is -4.43. The number of thiophene rings is 1. The lowest BCUT2D eigenvalue weighted by atomic mass is 10.3. The van der Waals surface area contributed by atoms with Crippen LogP contribution >= 0.6 is 11.3 Å². The second-order valence-electron chi connectivity index (χ2n) is 8.89. The molecule has 0 unspecified atom stereocenters. The van der Waals surface area contributed by atoms with Crippen molar-refractivity contribution in [3.63, 3.8) is 0 Å². The summed E-state index contributed by atoms with van der Waals surface area (Å²) in [5, 5.41) is 20.2. The highest BCUT2D eigenvalue weighted by molar-refractivity contribution is 7.16. The van der Waals surface area contributed by atoms with Gasteiger partial charge in [0, 0.05) is 37.9 Å². The molecule has 0 atom stereocenters. The summed E-state index contributed by atoms with van der Waals surface area (Å²) in [6, 6.07) is 7.31. The molecule has 0 radical (unpaired) electrons. The van der Waals surface area contributed by atoms with Crippen molar-refractivity contribution in [3.05, 3.63) is 59.7 Å². The molecule has 14 heteroatoms. The van der Waals surface area contributed by atoms with Crippen molar-refractivity contribution in [1.29, 1.82) is 0 Å². The minimum absolute atomic E-state index is 0.129. The maximum atomic E-state index is 13.2. The monoisotopic (exact) mass is 533 g/mol. The SMILES string of the molecule is Cc1cc(Nc2nc(N3CCN(CC(=O)Nc4ccc(-n5cc(F)cn5)nc4)CC3)nc3sccc23)n[nH]1. The summed E-state index contributed by atoms with van der Waals surface area (Å²) < 4.78 is 14.5. The summed E-state index contributed by atoms with van der Waals surface area (Å²) in [7, 11) is 0. The maximum absolute atomic E-state index is 13.2. The average molecular weight is 534 g/mol. The molecule has 5 aromatic heterocycles. The van der Waals surface area contributed by atoms with E-state index in [1.54, 1.807) is 23.5 Å². The Balaban J connectivity index is 1.05. The van der Waals surface area contributed by atoms with Crippen LogP contribution in [0, 0.1) is 12.7 Å². The smallest absolute Gasteiger partial charge is 0.238 e. The Labute approximate surface area is 220 Å². The van der Waals surface area contributed by atoms with E-state index in [2.05, 4.69) is 40.7 Å². The highest BCUT2D eigenvalue weighted by Crippen LogP contribution is 2.29. The van der Waals surface area contributed by atoms with Crippen LogP contribution in [0.15, 0.2) is 48.2 Å². The van der Waals surface area contributed by atoms with Gasteiger partial charge in [0.15, 0.2) is 17.5 Å². The summed E-state index contributed by atoms with van der Waals surface area (Å²) in [4.78, 5) is 31.6. The van der Waals surface area contributed by atoms with E-state index in [4.69, 9.17) is 9.97 Å². The predicted octanol–water partition coefficient (Wildman–Crippen LogP) is 2.95. The van der Waals surface area contributed by atoms with E-state index in [0.717, 1.165) is 27.9 Å². The molecule has 12 nitrogen and oxygen atoms in total. The second-order valence-corrected chi connectivity index (χ2v) is 9.79. The molecular formula is C24H24FN11OS. The number of nitrogens with one attached hydrogen (secondary N) is 3. The van der Waals surface area contributed by atoms with Gasteiger partial charge in [-0.3, -0.25) is 14.8 Å². The molecule has 1 aliphatic rings. The van der Waals surface area contributed by atoms with Crippen molar-refractivity contribution in [2.75, 3.05) is 48.3 Å². The van der Waals surface area contributed by atoms with Crippen LogP contribution in [0.4, 0.5) is 27.7 Å². The molecule has 1 saturated heterocycles. The third-order valence-electron chi connectivity index (χ3n) is 6.11. The van der Waals surface area contributed by atoms with Crippen molar-refractivity contribution in [3.8, 4) is 5.82 Å². The van der Waals surface area contributed by atoms with Gasteiger partial charge in [-0.05, 0) is 30.5 Å². The van der Waals surface area contributed by atoms with Gasteiger partial charge in [0.2, 0.25) is 11.9 Å². The van der Waals surface area contributed by atoms with E-state index in [0.29, 0.717) is 49.5 Å². The Morgan fingerprint density at radius 1 is 1.16 bits per heavy atom. The number of hydrogen-bond acceptors (Lipinski definition) is 10. The number of aromatic amines is 1. The van der Waals surface area contributed by atoms with Crippen molar-refractivity contribution in [2.45, 2.75) is 6.92 Å². The lowest BCUT2D eigenvalue weighted by Crippen LogP contribution is -2.49. The molecule has 194 valence electrons. The number of piperazine rings is 1. The van der Waals surface area contributed by atoms with Gasteiger partial charge in [-0.15, -0.1) is 11.3 Å². The van der Waals surface area contributed by atoms with E-state index in [9.17, 15) is 9.18 Å². The van der Waals surface area contributed by atoms with E-state index >= 15 is 0 Å². The zero-order valence-corrected chi connectivity index (χ0v) is 21.2. The lowest BCUT2D eigenvalue weighted by molar-refractivity contribution is -0.117. The first kappa shape index (κ1) is 23.9. The van der Waals surface area contributed by atoms with Gasteiger partial charge in [-0.1, -0.05) is 0 Å². The highest BCUT2D eigenvalue weighted by Gasteiger charge is 2.22. The number of halogens is 1. The van der Waals surface area contributed by atoms with E-state index < -0.39 is 5.82 Å². The number of H-pyrrole nitrogens is 1. The number of amides is 1. The fourth-order valence-electron chi connectivity index (χ4n) is 4.22. The average Bonchev–Trinajstić information content (AvgIpc) is 3.66. The molecule has 6 rings (SSSR count). The van der Waals surface area contributed by atoms with Crippen LogP contribution in [-0.4, -0.2) is 78.5 Å². The van der Waals surface area contributed by atoms with E-state index in [1.807, 2.05) is 24.4 Å². The first-order chi connectivity index (χ1) is 18.5. The maximum Gasteiger partial charge on any atom is 0.238 e. The van der Waals surface area contributed by atoms with Gasteiger partial charge in [-0.25, -0.2) is 19.0 Å². The number of carbonyl (C=O) groups is 1. The van der Waals surface area contributed by atoms with Gasteiger partial charge in [0.1, 0.15) is 10.6 Å². The summed E-state index contributed by atoms with van der Waals surface area (Å²) in [6.45, 7) is 4.99. The van der Waals surface area contributed by atoms with Gasteiger partial charge in [0.25, 0.3) is 0 Å². The minimum atomic E-state index is -0.441. The fraction of sp³-hybridized carbons (Fsp3) is 0.250. The largest absolute Gasteiger partial charge is 0.338 e. The Bertz CT molecular complexity index is 1570. The van der Waals surface area contributed by atoms with Crippen molar-refractivity contribution >= 4 is 50.7 Å². The quantitative estimate of drug-likeness (QED) is 0.289. The van der Waals surface area contributed by atoms with Crippen LogP contribution in [0.3, 0.4) is 0 Å². The first-order valence-electron chi connectivity index (χ1n) is 12.0. The molecule has 1 aliphatic heterocycles. The topological polar surface area (TPSA) is 133 Å². The molecule has 0 spiro atoms.